The lowest BCUT2D eigenvalue weighted by Gasteiger charge is -2.30. The van der Waals surface area contributed by atoms with E-state index in [2.05, 4.69) is 57.8 Å². The third-order valence-electron chi connectivity index (χ3n) is 6.46. The Morgan fingerprint density at radius 1 is 1.00 bits per heavy atom. The van der Waals surface area contributed by atoms with E-state index in [0.29, 0.717) is 16.6 Å². The fourth-order valence-electron chi connectivity index (χ4n) is 4.73. The number of benzene rings is 3. The first kappa shape index (κ1) is 21.6. The van der Waals surface area contributed by atoms with Crippen molar-refractivity contribution >= 4 is 33.1 Å². The standard InChI is InChI=1S/C27H25BrN2O3/c1-15-7-9-16(10-8-15)17-12-22-25(23(31)13-17)26(30-21-6-4-3-5-20(21)29-22)18-11-19(28)27(32)24(14-18)33-2/h3-11,14,17,26,29-30,32H,12-13H2,1-2H3/t17-,26-/m0/s1. The molecular weight excluding hydrogens is 480 g/mol. The maximum Gasteiger partial charge on any atom is 0.172 e. The van der Waals surface area contributed by atoms with Gasteiger partial charge in [-0.3, -0.25) is 4.79 Å². The van der Waals surface area contributed by atoms with Gasteiger partial charge in [-0.05, 0) is 70.6 Å². The molecule has 0 aromatic heterocycles. The Morgan fingerprint density at radius 2 is 1.73 bits per heavy atom. The number of para-hydroxylation sites is 2. The molecule has 0 saturated carbocycles. The van der Waals surface area contributed by atoms with E-state index in [1.54, 1.807) is 6.07 Å². The molecule has 168 valence electrons. The van der Waals surface area contributed by atoms with Crippen LogP contribution in [0.15, 0.2) is 76.4 Å². The molecule has 2 atom stereocenters. The summed E-state index contributed by atoms with van der Waals surface area (Å²) in [7, 11) is 1.52. The third kappa shape index (κ3) is 4.00. The number of carbonyl (C=O) groups excluding carboxylic acids is 1. The number of carbonyl (C=O) groups is 1. The van der Waals surface area contributed by atoms with Crippen LogP contribution in [0, 0.1) is 6.92 Å². The summed E-state index contributed by atoms with van der Waals surface area (Å²) < 4.78 is 5.90. The monoisotopic (exact) mass is 504 g/mol. The lowest BCUT2D eigenvalue weighted by atomic mass is 9.78. The number of phenolic OH excluding ortho intramolecular Hbond substituents is 1. The predicted molar refractivity (Wildman–Crippen MR) is 134 cm³/mol. The number of nitrogens with one attached hydrogen (secondary N) is 2. The summed E-state index contributed by atoms with van der Waals surface area (Å²) in [6, 6.07) is 19.7. The van der Waals surface area contributed by atoms with E-state index in [9.17, 15) is 9.90 Å². The second kappa shape index (κ2) is 8.60. The van der Waals surface area contributed by atoms with E-state index in [-0.39, 0.29) is 23.5 Å². The number of fused-ring (bicyclic) bond motifs is 1. The first-order valence-electron chi connectivity index (χ1n) is 11.0. The summed E-state index contributed by atoms with van der Waals surface area (Å²) in [5.74, 6) is 0.630. The zero-order chi connectivity index (χ0) is 23.1. The van der Waals surface area contributed by atoms with Gasteiger partial charge in [-0.1, -0.05) is 42.0 Å². The van der Waals surface area contributed by atoms with Crippen molar-refractivity contribution in [3.8, 4) is 11.5 Å². The molecule has 0 radical (unpaired) electrons. The quantitative estimate of drug-likeness (QED) is 0.382. The van der Waals surface area contributed by atoms with Crippen molar-refractivity contribution < 1.29 is 14.6 Å². The molecule has 0 bridgehead atoms. The highest BCUT2D eigenvalue weighted by Gasteiger charge is 2.36. The normalized spacial score (nSPS) is 19.7. The summed E-state index contributed by atoms with van der Waals surface area (Å²) >= 11 is 3.43. The predicted octanol–water partition coefficient (Wildman–Crippen LogP) is 6.45. The SMILES string of the molecule is COc1cc([C@@H]2Nc3ccccc3NC3=C2C(=O)C[C@@H](c2ccc(C)cc2)C3)cc(Br)c1O. The van der Waals surface area contributed by atoms with Crippen molar-refractivity contribution in [3.63, 3.8) is 0 Å². The van der Waals surface area contributed by atoms with Crippen LogP contribution in [-0.4, -0.2) is 18.0 Å². The van der Waals surface area contributed by atoms with Crippen molar-refractivity contribution in [2.45, 2.75) is 31.7 Å². The Kier molecular flexibility index (Phi) is 5.62. The van der Waals surface area contributed by atoms with Crippen LogP contribution in [0.25, 0.3) is 0 Å². The van der Waals surface area contributed by atoms with Crippen LogP contribution in [-0.2, 0) is 4.79 Å². The Morgan fingerprint density at radius 3 is 2.45 bits per heavy atom. The van der Waals surface area contributed by atoms with Gasteiger partial charge < -0.3 is 20.5 Å². The Hall–Kier alpha value is -3.25. The molecule has 0 saturated heterocycles. The number of rotatable bonds is 3. The molecule has 3 aromatic carbocycles. The van der Waals surface area contributed by atoms with E-state index in [4.69, 9.17) is 4.74 Å². The lowest BCUT2D eigenvalue weighted by Crippen LogP contribution is -2.27. The minimum atomic E-state index is -0.381. The highest BCUT2D eigenvalue weighted by atomic mass is 79.9. The minimum absolute atomic E-state index is 0.0389. The van der Waals surface area contributed by atoms with Gasteiger partial charge in [0.25, 0.3) is 0 Å². The lowest BCUT2D eigenvalue weighted by molar-refractivity contribution is -0.116. The number of ketones is 1. The zero-order valence-corrected chi connectivity index (χ0v) is 20.1. The van der Waals surface area contributed by atoms with E-state index in [1.165, 1.54) is 18.2 Å². The van der Waals surface area contributed by atoms with E-state index in [0.717, 1.165) is 34.6 Å². The number of anilines is 2. The summed E-state index contributed by atoms with van der Waals surface area (Å²) in [4.78, 5) is 13.6. The van der Waals surface area contributed by atoms with Gasteiger partial charge in [-0.25, -0.2) is 0 Å². The van der Waals surface area contributed by atoms with Gasteiger partial charge >= 0.3 is 0 Å². The van der Waals surface area contributed by atoms with Crippen molar-refractivity contribution in [1.82, 2.24) is 0 Å². The summed E-state index contributed by atoms with van der Waals surface area (Å²) in [6.07, 6.45) is 1.20. The van der Waals surface area contributed by atoms with Crippen LogP contribution in [0.2, 0.25) is 0 Å². The second-order valence-electron chi connectivity index (χ2n) is 8.63. The zero-order valence-electron chi connectivity index (χ0n) is 18.5. The van der Waals surface area contributed by atoms with Crippen LogP contribution >= 0.6 is 15.9 Å². The minimum Gasteiger partial charge on any atom is -0.503 e. The molecule has 6 heteroatoms. The van der Waals surface area contributed by atoms with Gasteiger partial charge in [0, 0.05) is 17.7 Å². The molecular formula is C27H25BrN2O3. The number of aromatic hydroxyl groups is 1. The largest absolute Gasteiger partial charge is 0.503 e. The van der Waals surface area contributed by atoms with Crippen molar-refractivity contribution in [1.29, 1.82) is 0 Å². The van der Waals surface area contributed by atoms with Gasteiger partial charge in [-0.2, -0.15) is 0 Å². The number of aryl methyl sites for hydroxylation is 1. The molecule has 3 N–H and O–H groups in total. The number of methoxy groups -OCH3 is 1. The number of allylic oxidation sites excluding steroid dienone is 1. The second-order valence-corrected chi connectivity index (χ2v) is 9.49. The molecule has 0 spiro atoms. The summed E-state index contributed by atoms with van der Waals surface area (Å²) in [6.45, 7) is 2.07. The van der Waals surface area contributed by atoms with Crippen LogP contribution in [0.1, 0.15) is 41.5 Å². The summed E-state index contributed by atoms with van der Waals surface area (Å²) in [5.41, 5.74) is 6.74. The van der Waals surface area contributed by atoms with Crippen LogP contribution in [0.3, 0.4) is 0 Å². The molecule has 1 aliphatic heterocycles. The Balaban J connectivity index is 1.63. The Bertz CT molecular complexity index is 1270. The van der Waals surface area contributed by atoms with Gasteiger partial charge in [0.15, 0.2) is 17.3 Å². The van der Waals surface area contributed by atoms with Crippen LogP contribution < -0.4 is 15.4 Å². The molecule has 5 nitrogen and oxygen atoms in total. The first-order valence-corrected chi connectivity index (χ1v) is 11.8. The van der Waals surface area contributed by atoms with E-state index >= 15 is 0 Å². The molecule has 0 unspecified atom stereocenters. The molecule has 5 rings (SSSR count). The van der Waals surface area contributed by atoms with Gasteiger partial charge in [0.05, 0.1) is 29.0 Å². The molecule has 0 fully saturated rings. The number of phenols is 1. The van der Waals surface area contributed by atoms with Crippen molar-refractivity contribution in [2.75, 3.05) is 17.7 Å². The molecule has 1 aliphatic carbocycles. The smallest absolute Gasteiger partial charge is 0.172 e. The van der Waals surface area contributed by atoms with Gasteiger partial charge in [0.2, 0.25) is 0 Å². The Labute approximate surface area is 201 Å². The molecule has 0 amide bonds. The van der Waals surface area contributed by atoms with E-state index < -0.39 is 0 Å². The molecule has 2 aliphatic rings. The number of ether oxygens (including phenoxy) is 1. The first-order chi connectivity index (χ1) is 15.9. The van der Waals surface area contributed by atoms with Crippen LogP contribution in [0.4, 0.5) is 11.4 Å². The van der Waals surface area contributed by atoms with Gasteiger partial charge in [-0.15, -0.1) is 0 Å². The van der Waals surface area contributed by atoms with Crippen LogP contribution in [0.5, 0.6) is 11.5 Å². The number of Topliss-reactive ketones (excluding diaryl/α,β-unsaturated/α-hetero) is 1. The fourth-order valence-corrected chi connectivity index (χ4v) is 5.19. The molecule has 1 heterocycles. The van der Waals surface area contributed by atoms with Crippen molar-refractivity contribution in [3.05, 3.63) is 93.1 Å². The highest BCUT2D eigenvalue weighted by molar-refractivity contribution is 9.10. The van der Waals surface area contributed by atoms with Crippen molar-refractivity contribution in [2.24, 2.45) is 0 Å². The third-order valence-corrected chi connectivity index (χ3v) is 7.07. The highest BCUT2D eigenvalue weighted by Crippen LogP contribution is 2.46. The molecule has 3 aromatic rings. The average Bonchev–Trinajstić information content (AvgIpc) is 2.98. The number of hydrogen-bond donors (Lipinski definition) is 3. The number of hydrogen-bond acceptors (Lipinski definition) is 5. The topological polar surface area (TPSA) is 70.6 Å². The maximum atomic E-state index is 13.6. The van der Waals surface area contributed by atoms with E-state index in [1.807, 2.05) is 30.3 Å². The van der Waals surface area contributed by atoms with Gasteiger partial charge in [0.1, 0.15) is 0 Å². The summed E-state index contributed by atoms with van der Waals surface area (Å²) in [5, 5.41) is 17.4. The fraction of sp³-hybridized carbons (Fsp3) is 0.222. The maximum absolute atomic E-state index is 13.6. The molecule has 33 heavy (non-hydrogen) atoms. The number of halogens is 1. The average molecular weight is 505 g/mol.